The standard InChI is InChI=1S/C30H28N2O/c33-29(32-22-19-24-14-8-9-21-31-24)30(20-10-13-23-11-2-1-3-12-23)27-17-6-4-15-25(27)26-16-5-7-18-28(26)30/h1-9,11-12,14-18,21H,10,13,19-20,22H2,(H,32,33). The summed E-state index contributed by atoms with van der Waals surface area (Å²) in [4.78, 5) is 18.4. The van der Waals surface area contributed by atoms with Gasteiger partial charge in [0, 0.05) is 24.9 Å². The molecule has 0 atom stereocenters. The zero-order chi connectivity index (χ0) is 22.5. The minimum absolute atomic E-state index is 0.0869. The van der Waals surface area contributed by atoms with Gasteiger partial charge in [0.25, 0.3) is 0 Å². The van der Waals surface area contributed by atoms with Crippen LogP contribution in [0.25, 0.3) is 11.1 Å². The number of benzene rings is 3. The maximum absolute atomic E-state index is 14.0. The second-order valence-corrected chi connectivity index (χ2v) is 8.66. The number of nitrogens with zero attached hydrogens (tertiary/aromatic N) is 1. The Morgan fingerprint density at radius 1 is 0.727 bits per heavy atom. The summed E-state index contributed by atoms with van der Waals surface area (Å²) in [6.45, 7) is 0.570. The van der Waals surface area contributed by atoms with Crippen molar-refractivity contribution in [1.82, 2.24) is 10.3 Å². The summed E-state index contributed by atoms with van der Waals surface area (Å²) >= 11 is 0. The molecule has 3 aromatic carbocycles. The van der Waals surface area contributed by atoms with Crippen LogP contribution in [0.1, 0.15) is 35.2 Å². The fourth-order valence-corrected chi connectivity index (χ4v) is 5.16. The Kier molecular flexibility index (Phi) is 6.03. The predicted molar refractivity (Wildman–Crippen MR) is 133 cm³/mol. The number of carbonyl (C=O) groups excluding carboxylic acids is 1. The van der Waals surface area contributed by atoms with E-state index in [9.17, 15) is 4.79 Å². The molecule has 1 heterocycles. The van der Waals surface area contributed by atoms with Crippen molar-refractivity contribution in [3.8, 4) is 11.1 Å². The van der Waals surface area contributed by atoms with Gasteiger partial charge in [-0.05, 0) is 59.2 Å². The topological polar surface area (TPSA) is 42.0 Å². The molecule has 0 spiro atoms. The third kappa shape index (κ3) is 4.07. The highest BCUT2D eigenvalue weighted by molar-refractivity contribution is 6.00. The summed E-state index contributed by atoms with van der Waals surface area (Å²) in [5.74, 6) is 0.0869. The van der Waals surface area contributed by atoms with E-state index < -0.39 is 5.41 Å². The lowest BCUT2D eigenvalue weighted by molar-refractivity contribution is -0.125. The van der Waals surface area contributed by atoms with Gasteiger partial charge in [-0.3, -0.25) is 9.78 Å². The number of hydrogen-bond donors (Lipinski definition) is 1. The van der Waals surface area contributed by atoms with Gasteiger partial charge in [-0.1, -0.05) is 84.9 Å². The molecule has 1 aliphatic carbocycles. The molecule has 4 aromatic rings. The smallest absolute Gasteiger partial charge is 0.235 e. The zero-order valence-corrected chi connectivity index (χ0v) is 18.7. The summed E-state index contributed by atoms with van der Waals surface area (Å²) < 4.78 is 0. The van der Waals surface area contributed by atoms with Gasteiger partial charge < -0.3 is 5.32 Å². The first-order valence-electron chi connectivity index (χ1n) is 11.7. The second-order valence-electron chi connectivity index (χ2n) is 8.66. The summed E-state index contributed by atoms with van der Waals surface area (Å²) in [5.41, 5.74) is 6.21. The van der Waals surface area contributed by atoms with Gasteiger partial charge in [0.2, 0.25) is 5.91 Å². The fraction of sp³-hybridized carbons (Fsp3) is 0.200. The first kappa shape index (κ1) is 21.1. The Balaban J connectivity index is 1.45. The highest BCUT2D eigenvalue weighted by Crippen LogP contribution is 2.51. The number of pyridine rings is 1. The molecule has 0 bridgehead atoms. The van der Waals surface area contributed by atoms with Crippen LogP contribution in [0.15, 0.2) is 103 Å². The molecule has 0 saturated carbocycles. The van der Waals surface area contributed by atoms with E-state index in [4.69, 9.17) is 0 Å². The molecule has 0 radical (unpaired) electrons. The van der Waals surface area contributed by atoms with Gasteiger partial charge >= 0.3 is 0 Å². The third-order valence-electron chi connectivity index (χ3n) is 6.70. The number of nitrogens with one attached hydrogen (secondary N) is 1. The van der Waals surface area contributed by atoms with Crippen molar-refractivity contribution < 1.29 is 4.79 Å². The normalized spacial score (nSPS) is 13.2. The van der Waals surface area contributed by atoms with E-state index >= 15 is 0 Å². The Morgan fingerprint density at radius 2 is 1.36 bits per heavy atom. The van der Waals surface area contributed by atoms with Gasteiger partial charge in [0.1, 0.15) is 5.41 Å². The first-order valence-corrected chi connectivity index (χ1v) is 11.7. The lowest BCUT2D eigenvalue weighted by atomic mass is 9.73. The minimum Gasteiger partial charge on any atom is -0.355 e. The van der Waals surface area contributed by atoms with Crippen LogP contribution in [0, 0.1) is 0 Å². The van der Waals surface area contributed by atoms with Crippen LogP contribution in [0.4, 0.5) is 0 Å². The van der Waals surface area contributed by atoms with E-state index in [-0.39, 0.29) is 5.91 Å². The number of fused-ring (bicyclic) bond motifs is 3. The first-order chi connectivity index (χ1) is 16.3. The van der Waals surface area contributed by atoms with E-state index in [0.29, 0.717) is 6.54 Å². The monoisotopic (exact) mass is 432 g/mol. The van der Waals surface area contributed by atoms with Gasteiger partial charge in [-0.15, -0.1) is 0 Å². The van der Waals surface area contributed by atoms with Crippen LogP contribution in [-0.2, 0) is 23.1 Å². The van der Waals surface area contributed by atoms with Crippen molar-refractivity contribution in [2.75, 3.05) is 6.54 Å². The Morgan fingerprint density at radius 3 is 2.03 bits per heavy atom. The number of aromatic nitrogens is 1. The molecule has 33 heavy (non-hydrogen) atoms. The Bertz CT molecular complexity index is 1190. The summed E-state index contributed by atoms with van der Waals surface area (Å²) in [6.07, 6.45) is 5.17. The maximum Gasteiger partial charge on any atom is 0.235 e. The molecule has 0 fully saturated rings. The lowest BCUT2D eigenvalue weighted by Gasteiger charge is -2.31. The lowest BCUT2D eigenvalue weighted by Crippen LogP contribution is -2.45. The maximum atomic E-state index is 14.0. The van der Waals surface area contributed by atoms with Crippen molar-refractivity contribution in [2.24, 2.45) is 0 Å². The highest BCUT2D eigenvalue weighted by atomic mass is 16.2. The average Bonchev–Trinajstić information content (AvgIpc) is 3.16. The molecule has 1 aliphatic rings. The molecule has 3 nitrogen and oxygen atoms in total. The molecule has 0 saturated heterocycles. The van der Waals surface area contributed by atoms with Crippen molar-refractivity contribution in [3.05, 3.63) is 126 Å². The van der Waals surface area contributed by atoms with Gasteiger partial charge in [-0.25, -0.2) is 0 Å². The van der Waals surface area contributed by atoms with Gasteiger partial charge in [0.15, 0.2) is 0 Å². The Hall–Kier alpha value is -3.72. The highest BCUT2D eigenvalue weighted by Gasteiger charge is 2.48. The molecular weight excluding hydrogens is 404 g/mol. The Labute approximate surface area is 195 Å². The molecular formula is C30H28N2O. The van der Waals surface area contributed by atoms with Crippen LogP contribution in [-0.4, -0.2) is 17.4 Å². The number of amides is 1. The molecule has 3 heteroatoms. The molecule has 0 aliphatic heterocycles. The SMILES string of the molecule is O=C(NCCc1ccccn1)C1(CCCc2ccccc2)c2ccccc2-c2ccccc21. The van der Waals surface area contributed by atoms with E-state index in [1.54, 1.807) is 6.20 Å². The predicted octanol–water partition coefficient (Wildman–Crippen LogP) is 5.73. The largest absolute Gasteiger partial charge is 0.355 e. The zero-order valence-electron chi connectivity index (χ0n) is 18.7. The average molecular weight is 433 g/mol. The molecule has 164 valence electrons. The molecule has 5 rings (SSSR count). The number of hydrogen-bond acceptors (Lipinski definition) is 2. The van der Waals surface area contributed by atoms with E-state index in [2.05, 4.69) is 83.1 Å². The minimum atomic E-state index is -0.675. The molecule has 1 N–H and O–H groups in total. The van der Waals surface area contributed by atoms with Crippen molar-refractivity contribution in [3.63, 3.8) is 0 Å². The van der Waals surface area contributed by atoms with Crippen LogP contribution in [0.3, 0.4) is 0 Å². The number of rotatable bonds is 8. The molecule has 1 amide bonds. The quantitative estimate of drug-likeness (QED) is 0.386. The van der Waals surface area contributed by atoms with Crippen LogP contribution in [0.2, 0.25) is 0 Å². The number of aryl methyl sites for hydroxylation is 1. The van der Waals surface area contributed by atoms with Crippen molar-refractivity contribution >= 4 is 5.91 Å². The van der Waals surface area contributed by atoms with Crippen LogP contribution >= 0.6 is 0 Å². The second kappa shape index (κ2) is 9.41. The summed E-state index contributed by atoms with van der Waals surface area (Å²) in [5, 5.41) is 3.27. The van der Waals surface area contributed by atoms with Crippen LogP contribution < -0.4 is 5.32 Å². The van der Waals surface area contributed by atoms with Gasteiger partial charge in [-0.2, -0.15) is 0 Å². The van der Waals surface area contributed by atoms with E-state index in [1.165, 1.54) is 16.7 Å². The fourth-order valence-electron chi connectivity index (χ4n) is 5.16. The van der Waals surface area contributed by atoms with Crippen molar-refractivity contribution in [1.29, 1.82) is 0 Å². The van der Waals surface area contributed by atoms with E-state index in [1.807, 2.05) is 24.3 Å². The number of carbonyl (C=O) groups is 1. The van der Waals surface area contributed by atoms with Crippen molar-refractivity contribution in [2.45, 2.75) is 31.1 Å². The summed E-state index contributed by atoms with van der Waals surface area (Å²) in [6, 6.07) is 33.2. The molecule has 1 aromatic heterocycles. The summed E-state index contributed by atoms with van der Waals surface area (Å²) in [7, 11) is 0. The van der Waals surface area contributed by atoms with Crippen LogP contribution in [0.5, 0.6) is 0 Å². The van der Waals surface area contributed by atoms with Gasteiger partial charge in [0.05, 0.1) is 0 Å². The molecule has 0 unspecified atom stereocenters. The van der Waals surface area contributed by atoms with E-state index in [0.717, 1.165) is 42.5 Å². The third-order valence-corrected chi connectivity index (χ3v) is 6.70.